The molecule has 0 spiro atoms. The number of aryl methyl sites for hydroxylation is 2. The van der Waals surface area contributed by atoms with Crippen LogP contribution in [0.2, 0.25) is 0 Å². The summed E-state index contributed by atoms with van der Waals surface area (Å²) in [4.78, 5) is 60.9. The second-order valence-electron chi connectivity index (χ2n) is 17.2. The molecule has 0 saturated carbocycles. The van der Waals surface area contributed by atoms with Gasteiger partial charge in [0.15, 0.2) is 0 Å². The number of phenols is 1. The number of fused-ring (bicyclic) bond motifs is 6. The van der Waals surface area contributed by atoms with Gasteiger partial charge < -0.3 is 24.6 Å². The minimum Gasteiger partial charge on any atom is -0.508 e. The van der Waals surface area contributed by atoms with E-state index in [2.05, 4.69) is 73.8 Å². The Kier molecular flexibility index (Phi) is 13.3. The van der Waals surface area contributed by atoms with E-state index in [1.54, 1.807) is 19.2 Å². The van der Waals surface area contributed by atoms with Gasteiger partial charge in [0.1, 0.15) is 17.8 Å². The molecule has 12 heteroatoms. The molecular weight excluding hydrogens is 745 g/mol. The molecule has 0 unspecified atom stereocenters. The van der Waals surface area contributed by atoms with Gasteiger partial charge in [0, 0.05) is 72.8 Å². The van der Waals surface area contributed by atoms with Crippen molar-refractivity contribution in [2.45, 2.75) is 98.7 Å². The van der Waals surface area contributed by atoms with Crippen molar-refractivity contribution in [3.63, 3.8) is 0 Å². The van der Waals surface area contributed by atoms with Gasteiger partial charge in [0.2, 0.25) is 11.8 Å². The Hall–Kier alpha value is -5.49. The van der Waals surface area contributed by atoms with Crippen molar-refractivity contribution >= 4 is 34.6 Å². The number of hydrogen-bond donors (Lipinski definition) is 3. The number of pyridine rings is 1. The van der Waals surface area contributed by atoms with Crippen LogP contribution < -0.4 is 10.7 Å². The number of phenolic OH excluding ortho intramolecular Hbond substituents is 1. The number of nitrogens with one attached hydrogen (secondary N) is 2. The summed E-state index contributed by atoms with van der Waals surface area (Å²) >= 11 is 0. The lowest BCUT2D eigenvalue weighted by Crippen LogP contribution is -2.61. The standard InChI is InChI=1S/C47H60N6O6/c1-9-38-35(14-12-19-48-38)43-37-27-47(6,7)28-59-46(58)39-15-13-20-53(50-39)45(57)40(49-44(56)34(29(4)5)18-21-51(8)42(55)10-2)24-30-22-32(25-33(54)23-30)31-16-17-41(36(37)26-31)52(43)11-3/h10,12,14,16-17,19,22-23,25-26,29,34,39-40,50,54H,2,9,11,13,15,18,20-21,24,27-28H2,1,3-8H3,(H,49,56)/t34-,39-,40-/m0/s1. The SMILES string of the molecule is C=CC(=O)N(C)CC[C@H](C(=O)N[C@H]1Cc2cc(O)cc(c2)-c2ccc3c(c2)c(c(-c2cccnc2CC)n3CC)CC(C)(C)COC(=O)[C@@H]2CCCN(N2)C1=O)C(C)C. The Balaban J connectivity index is 1.47. The highest BCUT2D eigenvalue weighted by Crippen LogP contribution is 2.41. The van der Waals surface area contributed by atoms with Crippen molar-refractivity contribution < 1.29 is 29.0 Å². The molecule has 1 saturated heterocycles. The Morgan fingerprint density at radius 1 is 1.14 bits per heavy atom. The van der Waals surface area contributed by atoms with Gasteiger partial charge in [-0.05, 0) is 110 Å². The molecule has 4 heterocycles. The van der Waals surface area contributed by atoms with Crippen molar-refractivity contribution in [1.82, 2.24) is 30.2 Å². The average molecular weight is 805 g/mol. The first-order chi connectivity index (χ1) is 28.1. The smallest absolute Gasteiger partial charge is 0.324 e. The van der Waals surface area contributed by atoms with Crippen LogP contribution in [0.15, 0.2) is 67.4 Å². The topological polar surface area (TPSA) is 146 Å². The Bertz CT molecular complexity index is 2230. The molecule has 0 radical (unpaired) electrons. The van der Waals surface area contributed by atoms with E-state index >= 15 is 0 Å². The molecule has 2 aliphatic rings. The minimum atomic E-state index is -1.03. The third kappa shape index (κ3) is 9.54. The number of benzene rings is 2. The van der Waals surface area contributed by atoms with Gasteiger partial charge in [-0.3, -0.25) is 29.2 Å². The number of rotatable bonds is 10. The lowest BCUT2D eigenvalue weighted by atomic mass is 9.84. The van der Waals surface area contributed by atoms with Gasteiger partial charge in [-0.2, -0.15) is 0 Å². The Morgan fingerprint density at radius 2 is 1.92 bits per heavy atom. The third-order valence-corrected chi connectivity index (χ3v) is 11.8. The molecule has 2 aromatic carbocycles. The first-order valence-electron chi connectivity index (χ1n) is 21.0. The maximum absolute atomic E-state index is 14.5. The average Bonchev–Trinajstić information content (AvgIpc) is 3.52. The molecule has 314 valence electrons. The maximum atomic E-state index is 14.5. The van der Waals surface area contributed by atoms with Crippen LogP contribution in [0.5, 0.6) is 5.75 Å². The monoisotopic (exact) mass is 804 g/mol. The number of ether oxygens (including phenoxy) is 1. The van der Waals surface area contributed by atoms with Gasteiger partial charge in [0.05, 0.1) is 12.3 Å². The summed E-state index contributed by atoms with van der Waals surface area (Å²) in [6.45, 7) is 17.4. The van der Waals surface area contributed by atoms with Gasteiger partial charge in [-0.15, -0.1) is 0 Å². The van der Waals surface area contributed by atoms with Crippen LogP contribution in [0.3, 0.4) is 0 Å². The number of amides is 3. The molecule has 12 nitrogen and oxygen atoms in total. The van der Waals surface area contributed by atoms with Gasteiger partial charge >= 0.3 is 5.97 Å². The molecule has 0 aliphatic carbocycles. The van der Waals surface area contributed by atoms with Gasteiger partial charge in [0.25, 0.3) is 5.91 Å². The molecule has 2 aliphatic heterocycles. The lowest BCUT2D eigenvalue weighted by molar-refractivity contribution is -0.155. The van der Waals surface area contributed by atoms with Crippen LogP contribution in [0, 0.1) is 17.3 Å². The van der Waals surface area contributed by atoms with Crippen molar-refractivity contribution in [3.05, 3.63) is 84.2 Å². The van der Waals surface area contributed by atoms with Crippen molar-refractivity contribution in [2.24, 2.45) is 17.3 Å². The van der Waals surface area contributed by atoms with E-state index in [1.165, 1.54) is 16.0 Å². The van der Waals surface area contributed by atoms with Gasteiger partial charge in [-0.25, -0.2) is 5.43 Å². The number of carbonyl (C=O) groups is 4. The zero-order valence-corrected chi connectivity index (χ0v) is 35.6. The quantitative estimate of drug-likeness (QED) is 0.120. The maximum Gasteiger partial charge on any atom is 0.324 e. The number of carbonyl (C=O) groups excluding carboxylic acids is 4. The summed E-state index contributed by atoms with van der Waals surface area (Å²) in [6, 6.07) is 14.0. The first kappa shape index (κ1) is 43.1. The first-order valence-corrected chi connectivity index (χ1v) is 21.0. The van der Waals surface area contributed by atoms with E-state index in [9.17, 15) is 24.3 Å². The highest BCUT2D eigenvalue weighted by atomic mass is 16.5. The molecule has 6 bridgehead atoms. The number of esters is 1. The molecule has 1 fully saturated rings. The summed E-state index contributed by atoms with van der Waals surface area (Å²) in [5.74, 6) is -1.94. The molecule has 2 aromatic heterocycles. The third-order valence-electron chi connectivity index (χ3n) is 11.8. The number of nitrogens with zero attached hydrogens (tertiary/aromatic N) is 4. The van der Waals surface area contributed by atoms with Crippen LogP contribution in [0.1, 0.15) is 77.6 Å². The molecule has 4 aromatic rings. The van der Waals surface area contributed by atoms with E-state index in [4.69, 9.17) is 9.72 Å². The second-order valence-corrected chi connectivity index (χ2v) is 17.2. The zero-order valence-electron chi connectivity index (χ0n) is 35.6. The fraction of sp³-hybridized carbons (Fsp3) is 0.468. The fourth-order valence-corrected chi connectivity index (χ4v) is 8.59. The van der Waals surface area contributed by atoms with Crippen LogP contribution in [0.4, 0.5) is 0 Å². The van der Waals surface area contributed by atoms with E-state index in [0.717, 1.165) is 57.5 Å². The molecule has 3 amide bonds. The fourth-order valence-electron chi connectivity index (χ4n) is 8.59. The van der Waals surface area contributed by atoms with E-state index < -0.39 is 35.3 Å². The molecule has 59 heavy (non-hydrogen) atoms. The van der Waals surface area contributed by atoms with Gasteiger partial charge in [-0.1, -0.05) is 53.3 Å². The van der Waals surface area contributed by atoms with Crippen LogP contribution >= 0.6 is 0 Å². The number of aromatic nitrogens is 2. The number of cyclic esters (lactones) is 1. The number of hydrogen-bond acceptors (Lipinski definition) is 8. The highest BCUT2D eigenvalue weighted by molar-refractivity contribution is 5.95. The van der Waals surface area contributed by atoms with Crippen LogP contribution in [-0.4, -0.2) is 87.1 Å². The number of aromatic hydroxyl groups is 1. The Morgan fingerprint density at radius 3 is 2.63 bits per heavy atom. The summed E-state index contributed by atoms with van der Waals surface area (Å²) in [5, 5.41) is 16.7. The number of hydrazine groups is 1. The summed E-state index contributed by atoms with van der Waals surface area (Å²) < 4.78 is 8.41. The van der Waals surface area contributed by atoms with Crippen molar-refractivity contribution in [1.29, 1.82) is 0 Å². The zero-order chi connectivity index (χ0) is 42.6. The molecule has 6 rings (SSSR count). The molecule has 3 atom stereocenters. The lowest BCUT2D eigenvalue weighted by Gasteiger charge is -2.36. The second kappa shape index (κ2) is 18.2. The highest BCUT2D eigenvalue weighted by Gasteiger charge is 2.36. The van der Waals surface area contributed by atoms with Crippen molar-refractivity contribution in [3.8, 4) is 28.1 Å². The van der Waals surface area contributed by atoms with E-state index in [0.29, 0.717) is 44.3 Å². The van der Waals surface area contributed by atoms with E-state index in [1.807, 2.05) is 32.2 Å². The minimum absolute atomic E-state index is 0.0366. The summed E-state index contributed by atoms with van der Waals surface area (Å²) in [6.07, 6.45) is 5.95. The van der Waals surface area contributed by atoms with E-state index in [-0.39, 0.29) is 36.5 Å². The van der Waals surface area contributed by atoms with Crippen LogP contribution in [0.25, 0.3) is 33.3 Å². The summed E-state index contributed by atoms with van der Waals surface area (Å²) in [5.41, 5.74) is 10.3. The van der Waals surface area contributed by atoms with Crippen molar-refractivity contribution in [2.75, 3.05) is 26.7 Å². The summed E-state index contributed by atoms with van der Waals surface area (Å²) in [7, 11) is 1.66. The Labute approximate surface area is 348 Å². The largest absolute Gasteiger partial charge is 0.508 e. The normalized spacial score (nSPS) is 18.9. The predicted octanol–water partition coefficient (Wildman–Crippen LogP) is 6.61. The predicted molar refractivity (Wildman–Crippen MR) is 230 cm³/mol. The number of likely N-dealkylation sites (N-methyl/N-ethyl adjacent to an activating group) is 1. The van der Waals surface area contributed by atoms with Crippen LogP contribution in [-0.2, 0) is 49.7 Å². The molecular formula is C47H60N6O6. The molecule has 3 N–H and O–H groups in total.